The Balaban J connectivity index is 0.00000208. The van der Waals surface area contributed by atoms with Crippen LogP contribution < -0.4 is 5.32 Å². The molecule has 0 aromatic heterocycles. The van der Waals surface area contributed by atoms with Crippen molar-refractivity contribution >= 4 is 21.1 Å². The first kappa shape index (κ1) is 19.9. The van der Waals surface area contributed by atoms with E-state index in [-0.39, 0.29) is 42.6 Å². The van der Waals surface area contributed by atoms with Crippen molar-refractivity contribution in [1.82, 2.24) is 5.32 Å². The van der Waals surface area contributed by atoms with Gasteiger partial charge in [-0.1, -0.05) is 38.3 Å². The van der Waals surface area contributed by atoms with Gasteiger partial charge in [0.05, 0.1) is 6.10 Å². The summed E-state index contributed by atoms with van der Waals surface area (Å²) in [4.78, 5) is 23.8. The molecule has 0 spiro atoms. The van der Waals surface area contributed by atoms with Gasteiger partial charge in [-0.3, -0.25) is 15.5 Å². The monoisotopic (exact) mass is 400 g/mol. The van der Waals surface area contributed by atoms with Gasteiger partial charge in [-0.15, -0.1) is 15.2 Å². The van der Waals surface area contributed by atoms with Gasteiger partial charge in [0, 0.05) is 43.5 Å². The Bertz CT molecular complexity index is 536. The average molecular weight is 402 g/mol. The molecular formula is C18H27NO3PZn-. The number of amides is 1. The van der Waals surface area contributed by atoms with E-state index in [1.54, 1.807) is 0 Å². The molecule has 1 saturated heterocycles. The fourth-order valence-corrected chi connectivity index (χ4v) is 4.36. The summed E-state index contributed by atoms with van der Waals surface area (Å²) in [7, 11) is 2.83. The zero-order valence-electron chi connectivity index (χ0n) is 14.8. The number of carbonyl (C=O) groups excluding carboxylic acids is 2. The summed E-state index contributed by atoms with van der Waals surface area (Å²) in [6.07, 6.45) is 4.14. The minimum absolute atomic E-state index is 0. The molecule has 3 rings (SSSR count). The number of fused-ring (bicyclic) bond motifs is 1. The molecule has 6 unspecified atom stereocenters. The van der Waals surface area contributed by atoms with E-state index in [9.17, 15) is 9.59 Å². The molecule has 2 aliphatic carbocycles. The van der Waals surface area contributed by atoms with Crippen LogP contribution in [0, 0.1) is 23.7 Å². The Morgan fingerprint density at radius 3 is 2.88 bits per heavy atom. The summed E-state index contributed by atoms with van der Waals surface area (Å²) in [5, 5.41) is 3.05. The second kappa shape index (κ2) is 7.46. The number of allylic oxidation sites excluding steroid dienone is 1. The summed E-state index contributed by atoms with van der Waals surface area (Å²) in [6.45, 7) is 9.01. The third-order valence-electron chi connectivity index (χ3n) is 6.15. The Morgan fingerprint density at radius 2 is 2.21 bits per heavy atom. The van der Waals surface area contributed by atoms with E-state index in [0.717, 1.165) is 30.8 Å². The molecule has 3 aliphatic rings. The fraction of sp³-hybridized carbons (Fsp3) is 0.722. The topological polar surface area (TPSA) is 55.4 Å². The van der Waals surface area contributed by atoms with Crippen molar-refractivity contribution in [3.05, 3.63) is 18.1 Å². The second-order valence-electron chi connectivity index (χ2n) is 7.54. The Morgan fingerprint density at radius 1 is 1.50 bits per heavy atom. The van der Waals surface area contributed by atoms with E-state index in [2.05, 4.69) is 35.0 Å². The zero-order chi connectivity index (χ0) is 16.8. The van der Waals surface area contributed by atoms with Crippen molar-refractivity contribution in [3.8, 4) is 0 Å². The minimum atomic E-state index is -0.0908. The summed E-state index contributed by atoms with van der Waals surface area (Å²) in [5.74, 6) is 2.11. The molecule has 3 fully saturated rings. The van der Waals surface area contributed by atoms with Crippen LogP contribution in [0.25, 0.3) is 0 Å². The largest absolute Gasteiger partial charge is 0.487 e. The van der Waals surface area contributed by atoms with E-state index >= 15 is 0 Å². The molecule has 0 radical (unpaired) electrons. The number of nitrogens with one attached hydrogen (secondary N) is 1. The third kappa shape index (κ3) is 3.58. The summed E-state index contributed by atoms with van der Waals surface area (Å²) in [5.41, 5.74) is 1.10. The van der Waals surface area contributed by atoms with Gasteiger partial charge in [0.15, 0.2) is 5.97 Å². The van der Waals surface area contributed by atoms with Crippen molar-refractivity contribution in [2.45, 2.75) is 57.2 Å². The van der Waals surface area contributed by atoms with Crippen LogP contribution in [0.4, 0.5) is 0 Å². The smallest absolute Gasteiger partial charge is 0.220 e. The quantitative estimate of drug-likeness (QED) is 0.234. The first-order chi connectivity index (χ1) is 10.8. The van der Waals surface area contributed by atoms with Crippen molar-refractivity contribution in [2.75, 3.05) is 6.54 Å². The van der Waals surface area contributed by atoms with Crippen LogP contribution in [0.1, 0.15) is 46.0 Å². The molecule has 1 N–H and O–H groups in total. The Kier molecular flexibility index (Phi) is 6.19. The Labute approximate surface area is 159 Å². The van der Waals surface area contributed by atoms with Gasteiger partial charge in [0.1, 0.15) is 0 Å². The Hall–Kier alpha value is -0.397. The van der Waals surface area contributed by atoms with Gasteiger partial charge in [-0.05, 0) is 12.8 Å². The van der Waals surface area contributed by atoms with E-state index < -0.39 is 0 Å². The molecule has 2 saturated carbocycles. The maximum Gasteiger partial charge on any atom is 0.220 e. The van der Waals surface area contributed by atoms with Crippen molar-refractivity contribution < 1.29 is 33.8 Å². The average Bonchev–Trinajstić information content (AvgIpc) is 3.13. The number of ether oxygens (including phenoxy) is 1. The minimum Gasteiger partial charge on any atom is -0.487 e. The molecule has 0 aromatic rings. The molecule has 4 nitrogen and oxygen atoms in total. The number of esters is 1. The predicted molar refractivity (Wildman–Crippen MR) is 92.6 cm³/mol. The first-order valence-electron chi connectivity index (χ1n) is 8.64. The van der Waals surface area contributed by atoms with Crippen molar-refractivity contribution in [3.63, 3.8) is 0 Å². The summed E-state index contributed by atoms with van der Waals surface area (Å²) >= 11 is 0. The second-order valence-corrected chi connectivity index (χ2v) is 8.82. The van der Waals surface area contributed by atoms with Gasteiger partial charge in [-0.25, -0.2) is 0 Å². The van der Waals surface area contributed by atoms with Crippen molar-refractivity contribution in [2.24, 2.45) is 17.8 Å². The van der Waals surface area contributed by atoms with Gasteiger partial charge >= 0.3 is 0 Å². The standard InChI is InChI=1S/C18H27NO3P.Zn/c1-4-18(3,23)10(2)5-6-15(20)19-9-14-11-7-12-13(8-11)17(21)22-16(12)14;/h11-12,14,16H,2,4-9,23H2,1,3H3,(H,19,20);/q-1;. The molecule has 1 aliphatic heterocycles. The van der Waals surface area contributed by atoms with Crippen LogP contribution in [0.3, 0.4) is 0 Å². The third-order valence-corrected chi connectivity index (χ3v) is 6.96. The zero-order valence-corrected chi connectivity index (χ0v) is 18.9. The maximum absolute atomic E-state index is 12.1. The molecule has 6 atom stereocenters. The van der Waals surface area contributed by atoms with E-state index in [1.807, 2.05) is 0 Å². The first-order valence-corrected chi connectivity index (χ1v) is 9.21. The van der Waals surface area contributed by atoms with Crippen LogP contribution in [0.2, 0.25) is 0 Å². The molecule has 24 heavy (non-hydrogen) atoms. The van der Waals surface area contributed by atoms with Gasteiger partial charge in [0.25, 0.3) is 0 Å². The van der Waals surface area contributed by atoms with E-state index in [4.69, 9.17) is 4.74 Å². The molecule has 6 heteroatoms. The summed E-state index contributed by atoms with van der Waals surface area (Å²) in [6, 6.07) is 0. The molecule has 130 valence electrons. The van der Waals surface area contributed by atoms with Crippen LogP contribution in [-0.2, 0) is 33.8 Å². The maximum atomic E-state index is 12.1. The fourth-order valence-electron chi connectivity index (χ4n) is 4.22. The van der Waals surface area contributed by atoms with E-state index in [0.29, 0.717) is 37.1 Å². The van der Waals surface area contributed by atoms with E-state index in [1.165, 1.54) is 0 Å². The van der Waals surface area contributed by atoms with Crippen molar-refractivity contribution in [1.29, 1.82) is 0 Å². The molecule has 1 heterocycles. The van der Waals surface area contributed by atoms with Crippen LogP contribution in [-0.4, -0.2) is 29.7 Å². The molecular weight excluding hydrogens is 375 g/mol. The number of rotatable bonds is 7. The normalized spacial score (nSPS) is 32.1. The number of carbonyl (C=O) groups is 2. The number of hydrogen-bond donors (Lipinski definition) is 1. The van der Waals surface area contributed by atoms with Crippen LogP contribution in [0.5, 0.6) is 0 Å². The molecule has 2 bridgehead atoms. The van der Waals surface area contributed by atoms with Gasteiger partial charge in [-0.2, -0.15) is 6.42 Å². The van der Waals surface area contributed by atoms with Crippen LogP contribution in [0.15, 0.2) is 12.2 Å². The SMILES string of the molecule is C=C(CCC(=O)NCC1C2C[C-]3C(=O)OC1C3C2)C(C)(P)CC.[Zn]. The molecule has 0 aromatic carbocycles. The summed E-state index contributed by atoms with van der Waals surface area (Å²) < 4.78 is 5.50. The van der Waals surface area contributed by atoms with Gasteiger partial charge in [0.2, 0.25) is 5.91 Å². The van der Waals surface area contributed by atoms with Crippen LogP contribution >= 0.6 is 9.24 Å². The van der Waals surface area contributed by atoms with Gasteiger partial charge < -0.3 is 10.1 Å². The molecule has 1 amide bonds. The number of hydrogen-bond acceptors (Lipinski definition) is 3. The predicted octanol–water partition coefficient (Wildman–Crippen LogP) is 2.64.